The second-order valence-corrected chi connectivity index (χ2v) is 9.46. The second kappa shape index (κ2) is 6.79. The Morgan fingerprint density at radius 2 is 2.15 bits per heavy atom. The fourth-order valence-corrected chi connectivity index (χ4v) is 5.10. The Morgan fingerprint density at radius 3 is 2.85 bits per heavy atom. The van der Waals surface area contributed by atoms with Gasteiger partial charge in [0.15, 0.2) is 0 Å². The van der Waals surface area contributed by atoms with E-state index in [9.17, 15) is 8.42 Å². The summed E-state index contributed by atoms with van der Waals surface area (Å²) in [6.45, 7) is 4.98. The topological polar surface area (TPSA) is 85.0 Å². The molecule has 0 saturated heterocycles. The number of hydrogen-bond donors (Lipinski definition) is 1. The molecule has 2 aromatic heterocycles. The van der Waals surface area contributed by atoms with Crippen molar-refractivity contribution in [2.45, 2.75) is 50.6 Å². The van der Waals surface area contributed by atoms with Crippen LogP contribution >= 0.6 is 0 Å². The van der Waals surface area contributed by atoms with E-state index in [2.05, 4.69) is 30.6 Å². The Kier molecular flexibility index (Phi) is 4.62. The fourth-order valence-electron chi connectivity index (χ4n) is 3.70. The maximum absolute atomic E-state index is 12.0. The van der Waals surface area contributed by atoms with E-state index in [-0.39, 0.29) is 11.3 Å². The van der Waals surface area contributed by atoms with Crippen LogP contribution in [0.4, 0.5) is 0 Å². The average molecular weight is 379 g/mol. The first-order chi connectivity index (χ1) is 12.4. The van der Waals surface area contributed by atoms with E-state index < -0.39 is 10.0 Å². The van der Waals surface area contributed by atoms with Crippen LogP contribution in [0.2, 0.25) is 0 Å². The van der Waals surface area contributed by atoms with Gasteiger partial charge in [0.05, 0.1) is 28.4 Å². The molecule has 0 spiro atoms. The zero-order valence-corrected chi connectivity index (χ0v) is 16.1. The number of nitrogens with zero attached hydrogens (tertiary/aromatic N) is 5. The highest BCUT2D eigenvalue weighted by Gasteiger charge is 2.35. The van der Waals surface area contributed by atoms with Gasteiger partial charge >= 0.3 is 0 Å². The molecule has 0 unspecified atom stereocenters. The average Bonchev–Trinajstić information content (AvgIpc) is 3.26. The smallest absolute Gasteiger partial charge is 0.214 e. The lowest BCUT2D eigenvalue weighted by Crippen LogP contribution is -2.39. The van der Waals surface area contributed by atoms with Gasteiger partial charge < -0.3 is 0 Å². The Hall–Kier alpha value is -1.71. The molecule has 1 atom stereocenters. The van der Waals surface area contributed by atoms with Gasteiger partial charge in [-0.2, -0.15) is 10.2 Å². The Balaban J connectivity index is 1.42. The van der Waals surface area contributed by atoms with Crippen LogP contribution in [0.25, 0.3) is 0 Å². The molecule has 2 aliphatic rings. The summed E-state index contributed by atoms with van der Waals surface area (Å²) in [6, 6.07) is 4.33. The van der Waals surface area contributed by atoms with Crippen LogP contribution in [0.1, 0.15) is 42.4 Å². The Labute approximate surface area is 154 Å². The Bertz CT molecular complexity index is 883. The molecule has 9 heteroatoms. The lowest BCUT2D eigenvalue weighted by Gasteiger charge is -2.34. The van der Waals surface area contributed by atoms with E-state index in [0.29, 0.717) is 6.54 Å². The number of aromatic nitrogens is 4. The quantitative estimate of drug-likeness (QED) is 0.775. The van der Waals surface area contributed by atoms with Gasteiger partial charge in [-0.05, 0) is 38.3 Å². The lowest BCUT2D eigenvalue weighted by atomic mass is 10.1. The summed E-state index contributed by atoms with van der Waals surface area (Å²) in [7, 11) is -1.15. The lowest BCUT2D eigenvalue weighted by molar-refractivity contribution is 0.158. The molecule has 8 nitrogen and oxygen atoms in total. The first kappa shape index (κ1) is 17.7. The van der Waals surface area contributed by atoms with E-state index >= 15 is 0 Å². The van der Waals surface area contributed by atoms with Crippen molar-refractivity contribution in [1.29, 1.82) is 0 Å². The van der Waals surface area contributed by atoms with Crippen LogP contribution in [0, 0.1) is 6.92 Å². The summed E-state index contributed by atoms with van der Waals surface area (Å²) in [6.07, 6.45) is 4.15. The number of nitrogens with one attached hydrogen (secondary N) is 1. The summed E-state index contributed by atoms with van der Waals surface area (Å²) in [4.78, 5) is 2.38. The minimum Gasteiger partial charge on any atom is -0.290 e. The third-order valence-corrected chi connectivity index (χ3v) is 7.14. The van der Waals surface area contributed by atoms with E-state index in [1.807, 2.05) is 30.9 Å². The molecule has 4 rings (SSSR count). The molecule has 1 saturated carbocycles. The first-order valence-corrected chi connectivity index (χ1v) is 10.7. The molecule has 0 aromatic carbocycles. The largest absolute Gasteiger partial charge is 0.290 e. The molecular weight excluding hydrogens is 352 g/mol. The van der Waals surface area contributed by atoms with Crippen LogP contribution in [-0.4, -0.2) is 51.2 Å². The molecule has 0 amide bonds. The predicted molar refractivity (Wildman–Crippen MR) is 97.9 cm³/mol. The number of fused-ring (bicyclic) bond motifs is 1. The SMILES string of the molecule is Cc1cc(CN2Cc3ccnn3[C@H](CCNS(=O)(=O)C3CC3)C2)n(C)n1. The van der Waals surface area contributed by atoms with Gasteiger partial charge in [0.2, 0.25) is 10.0 Å². The minimum absolute atomic E-state index is 0.168. The summed E-state index contributed by atoms with van der Waals surface area (Å²) in [5, 5.41) is 8.72. The molecule has 2 aromatic rings. The summed E-state index contributed by atoms with van der Waals surface area (Å²) < 4.78 is 30.8. The molecule has 26 heavy (non-hydrogen) atoms. The fraction of sp³-hybridized carbons (Fsp3) is 0.647. The number of rotatable bonds is 7. The third-order valence-electron chi connectivity index (χ3n) is 5.18. The first-order valence-electron chi connectivity index (χ1n) is 9.15. The molecule has 142 valence electrons. The van der Waals surface area contributed by atoms with Crippen molar-refractivity contribution in [3.63, 3.8) is 0 Å². The van der Waals surface area contributed by atoms with Crippen molar-refractivity contribution in [2.24, 2.45) is 7.05 Å². The standard InChI is InChI=1S/C17H26N6O2S/c1-13-9-16(21(2)20-13)12-22-10-14-5-7-18-23(14)15(11-22)6-8-19-26(24,25)17-3-4-17/h5,7,9,15,17,19H,3-4,6,8,10-12H2,1-2H3/t15-/m1/s1. The summed E-state index contributed by atoms with van der Waals surface area (Å²) in [5.41, 5.74) is 3.38. The molecule has 1 fully saturated rings. The second-order valence-electron chi connectivity index (χ2n) is 7.42. The summed E-state index contributed by atoms with van der Waals surface area (Å²) >= 11 is 0. The van der Waals surface area contributed by atoms with Gasteiger partial charge in [-0.3, -0.25) is 14.3 Å². The highest BCUT2D eigenvalue weighted by atomic mass is 32.2. The Morgan fingerprint density at radius 1 is 1.35 bits per heavy atom. The van der Waals surface area contributed by atoms with Crippen LogP contribution in [0.5, 0.6) is 0 Å². The van der Waals surface area contributed by atoms with Crippen LogP contribution < -0.4 is 4.72 Å². The van der Waals surface area contributed by atoms with Crippen molar-refractivity contribution in [3.05, 3.63) is 35.4 Å². The zero-order valence-electron chi connectivity index (χ0n) is 15.3. The third kappa shape index (κ3) is 3.70. The highest BCUT2D eigenvalue weighted by Crippen LogP contribution is 2.28. The zero-order chi connectivity index (χ0) is 18.3. The van der Waals surface area contributed by atoms with Gasteiger partial charge in [0.1, 0.15) is 0 Å². The van der Waals surface area contributed by atoms with Gasteiger partial charge in [-0.25, -0.2) is 13.1 Å². The van der Waals surface area contributed by atoms with Crippen molar-refractivity contribution < 1.29 is 8.42 Å². The molecule has 3 heterocycles. The minimum atomic E-state index is -3.12. The van der Waals surface area contributed by atoms with Gasteiger partial charge in [-0.1, -0.05) is 0 Å². The maximum atomic E-state index is 12.0. The van der Waals surface area contributed by atoms with E-state index in [1.165, 1.54) is 11.4 Å². The van der Waals surface area contributed by atoms with Crippen LogP contribution in [0.15, 0.2) is 18.3 Å². The predicted octanol–water partition coefficient (Wildman–Crippen LogP) is 0.954. The molecule has 1 aliphatic carbocycles. The normalized spacial score (nSPS) is 21.1. The molecular formula is C17H26N6O2S. The molecule has 0 radical (unpaired) electrons. The van der Waals surface area contributed by atoms with E-state index in [1.54, 1.807) is 0 Å². The van der Waals surface area contributed by atoms with Crippen molar-refractivity contribution in [2.75, 3.05) is 13.1 Å². The van der Waals surface area contributed by atoms with Crippen LogP contribution in [-0.2, 0) is 30.2 Å². The van der Waals surface area contributed by atoms with E-state index in [4.69, 9.17) is 0 Å². The van der Waals surface area contributed by atoms with E-state index in [0.717, 1.165) is 44.6 Å². The van der Waals surface area contributed by atoms with Crippen molar-refractivity contribution >= 4 is 10.0 Å². The number of hydrogen-bond acceptors (Lipinski definition) is 5. The van der Waals surface area contributed by atoms with Crippen LogP contribution in [0.3, 0.4) is 0 Å². The maximum Gasteiger partial charge on any atom is 0.214 e. The molecule has 0 bridgehead atoms. The molecule has 1 aliphatic heterocycles. The summed E-state index contributed by atoms with van der Waals surface area (Å²) in [5.74, 6) is 0. The van der Waals surface area contributed by atoms with Gasteiger partial charge in [-0.15, -0.1) is 0 Å². The monoisotopic (exact) mass is 378 g/mol. The van der Waals surface area contributed by atoms with Crippen molar-refractivity contribution in [3.8, 4) is 0 Å². The number of aryl methyl sites for hydroxylation is 2. The molecule has 1 N–H and O–H groups in total. The number of sulfonamides is 1. The van der Waals surface area contributed by atoms with Crippen molar-refractivity contribution in [1.82, 2.24) is 29.2 Å². The van der Waals surface area contributed by atoms with Gasteiger partial charge in [0, 0.05) is 39.4 Å². The van der Waals surface area contributed by atoms with Gasteiger partial charge in [0.25, 0.3) is 0 Å². The highest BCUT2D eigenvalue weighted by molar-refractivity contribution is 7.90.